The molecule has 102 valence electrons. The number of carbonyl (C=O) groups excluding carboxylic acids is 1. The molecule has 4 nitrogen and oxygen atoms in total. The van der Waals surface area contributed by atoms with Gasteiger partial charge in [-0.1, -0.05) is 6.42 Å². The second-order valence-electron chi connectivity index (χ2n) is 5.21. The van der Waals surface area contributed by atoms with E-state index in [0.717, 1.165) is 34.3 Å². The van der Waals surface area contributed by atoms with Gasteiger partial charge >= 0.3 is 0 Å². The van der Waals surface area contributed by atoms with Crippen LogP contribution in [0.15, 0.2) is 16.6 Å². The summed E-state index contributed by atoms with van der Waals surface area (Å²) in [6.45, 7) is 0. The zero-order chi connectivity index (χ0) is 13.4. The Morgan fingerprint density at radius 3 is 2.74 bits per heavy atom. The summed E-state index contributed by atoms with van der Waals surface area (Å²) in [5.74, 6) is 0.636. The fourth-order valence-corrected chi connectivity index (χ4v) is 3.19. The van der Waals surface area contributed by atoms with Crippen LogP contribution in [0.5, 0.6) is 5.75 Å². The number of fused-ring (bicyclic) bond motifs is 1. The lowest BCUT2D eigenvalue weighted by Crippen LogP contribution is -2.19. The first-order valence-corrected chi connectivity index (χ1v) is 7.51. The molecule has 2 aliphatic rings. The predicted molar refractivity (Wildman–Crippen MR) is 77.2 cm³/mol. The SMILES string of the molecule is NC1C(=O)Nc2cc(OC3CCCCC3)c(Br)cc21. The van der Waals surface area contributed by atoms with Crippen molar-refractivity contribution in [2.45, 2.75) is 44.2 Å². The number of hydrogen-bond acceptors (Lipinski definition) is 3. The summed E-state index contributed by atoms with van der Waals surface area (Å²) in [4.78, 5) is 11.6. The number of nitrogens with two attached hydrogens (primary N) is 1. The molecule has 1 aliphatic heterocycles. The van der Waals surface area contributed by atoms with Crippen LogP contribution in [0.25, 0.3) is 0 Å². The Morgan fingerprint density at radius 1 is 1.26 bits per heavy atom. The standard InChI is InChI=1S/C14H17BrN2O2/c15-10-6-9-11(17-14(18)13(9)16)7-12(10)19-8-4-2-1-3-5-8/h6-8,13H,1-5,16H2,(H,17,18). The molecule has 1 saturated carbocycles. The lowest BCUT2D eigenvalue weighted by Gasteiger charge is -2.24. The van der Waals surface area contributed by atoms with Crippen molar-refractivity contribution in [2.24, 2.45) is 5.73 Å². The molecule has 0 bridgehead atoms. The monoisotopic (exact) mass is 324 g/mol. The van der Waals surface area contributed by atoms with Crippen molar-refractivity contribution in [3.05, 3.63) is 22.2 Å². The minimum atomic E-state index is -0.574. The first-order valence-electron chi connectivity index (χ1n) is 6.71. The van der Waals surface area contributed by atoms with Crippen LogP contribution >= 0.6 is 15.9 Å². The van der Waals surface area contributed by atoms with Gasteiger partial charge in [0.05, 0.1) is 10.6 Å². The molecule has 1 aliphatic carbocycles. The first-order chi connectivity index (χ1) is 9.15. The number of halogens is 1. The van der Waals surface area contributed by atoms with Crippen molar-refractivity contribution in [1.82, 2.24) is 0 Å². The summed E-state index contributed by atoms with van der Waals surface area (Å²) in [7, 11) is 0. The minimum Gasteiger partial charge on any atom is -0.489 e. The topological polar surface area (TPSA) is 64.4 Å². The van der Waals surface area contributed by atoms with Crippen LogP contribution in [-0.2, 0) is 4.79 Å². The Morgan fingerprint density at radius 2 is 2.00 bits per heavy atom. The van der Waals surface area contributed by atoms with Crippen LogP contribution in [0.4, 0.5) is 5.69 Å². The molecule has 3 N–H and O–H groups in total. The van der Waals surface area contributed by atoms with Gasteiger partial charge in [-0.05, 0) is 47.7 Å². The average molecular weight is 325 g/mol. The average Bonchev–Trinajstić information content (AvgIpc) is 2.67. The van der Waals surface area contributed by atoms with E-state index >= 15 is 0 Å². The minimum absolute atomic E-state index is 0.156. The maximum atomic E-state index is 11.6. The molecule has 0 spiro atoms. The van der Waals surface area contributed by atoms with Crippen LogP contribution in [0.1, 0.15) is 43.7 Å². The lowest BCUT2D eigenvalue weighted by atomic mass is 9.98. The fraction of sp³-hybridized carbons (Fsp3) is 0.500. The number of hydrogen-bond donors (Lipinski definition) is 2. The van der Waals surface area contributed by atoms with Crippen molar-refractivity contribution >= 4 is 27.5 Å². The van der Waals surface area contributed by atoms with E-state index in [1.54, 1.807) is 0 Å². The molecular weight excluding hydrogens is 308 g/mol. The van der Waals surface area contributed by atoms with Crippen LogP contribution < -0.4 is 15.8 Å². The van der Waals surface area contributed by atoms with E-state index in [1.807, 2.05) is 12.1 Å². The molecular formula is C14H17BrN2O2. The van der Waals surface area contributed by atoms with Gasteiger partial charge in [0.2, 0.25) is 5.91 Å². The smallest absolute Gasteiger partial charge is 0.245 e. The maximum Gasteiger partial charge on any atom is 0.245 e. The third kappa shape index (κ3) is 2.49. The molecule has 0 radical (unpaired) electrons. The summed E-state index contributed by atoms with van der Waals surface area (Å²) in [5, 5.41) is 2.79. The Hall–Kier alpha value is -1.07. The van der Waals surface area contributed by atoms with Gasteiger partial charge < -0.3 is 15.8 Å². The molecule has 0 saturated heterocycles. The number of anilines is 1. The molecule has 1 unspecified atom stereocenters. The quantitative estimate of drug-likeness (QED) is 0.878. The van der Waals surface area contributed by atoms with Gasteiger partial charge in [0.25, 0.3) is 0 Å². The Kier molecular flexibility index (Phi) is 3.50. The summed E-state index contributed by atoms with van der Waals surface area (Å²) in [6.07, 6.45) is 6.26. The van der Waals surface area contributed by atoms with Gasteiger partial charge in [-0.15, -0.1) is 0 Å². The zero-order valence-electron chi connectivity index (χ0n) is 10.6. The summed E-state index contributed by atoms with van der Waals surface area (Å²) in [5.41, 5.74) is 7.42. The first kappa shape index (κ1) is 12.9. The molecule has 1 aromatic rings. The van der Waals surface area contributed by atoms with Gasteiger partial charge in [-0.3, -0.25) is 4.79 Å². The van der Waals surface area contributed by atoms with Gasteiger partial charge in [0.1, 0.15) is 11.8 Å². The van der Waals surface area contributed by atoms with E-state index in [-0.39, 0.29) is 12.0 Å². The fourth-order valence-electron chi connectivity index (χ4n) is 2.74. The third-order valence-electron chi connectivity index (χ3n) is 3.83. The second kappa shape index (κ2) is 5.13. The molecule has 1 atom stereocenters. The van der Waals surface area contributed by atoms with Crippen LogP contribution in [0.2, 0.25) is 0 Å². The summed E-state index contributed by atoms with van der Waals surface area (Å²) in [6, 6.07) is 3.18. The maximum absolute atomic E-state index is 11.6. The van der Waals surface area contributed by atoms with E-state index in [4.69, 9.17) is 10.5 Å². The highest BCUT2D eigenvalue weighted by Crippen LogP contribution is 2.39. The van der Waals surface area contributed by atoms with E-state index in [2.05, 4.69) is 21.2 Å². The van der Waals surface area contributed by atoms with Crippen LogP contribution in [0, 0.1) is 0 Å². The molecule has 1 fully saturated rings. The molecule has 5 heteroatoms. The van der Waals surface area contributed by atoms with Crippen LogP contribution in [0.3, 0.4) is 0 Å². The van der Waals surface area contributed by atoms with Crippen molar-refractivity contribution in [1.29, 1.82) is 0 Å². The highest BCUT2D eigenvalue weighted by atomic mass is 79.9. The Bertz CT molecular complexity index is 512. The molecule has 1 aromatic carbocycles. The van der Waals surface area contributed by atoms with E-state index in [0.29, 0.717) is 0 Å². The van der Waals surface area contributed by atoms with E-state index in [9.17, 15) is 4.79 Å². The number of benzene rings is 1. The van der Waals surface area contributed by atoms with Crippen LogP contribution in [-0.4, -0.2) is 12.0 Å². The van der Waals surface area contributed by atoms with Crippen molar-refractivity contribution < 1.29 is 9.53 Å². The normalized spacial score (nSPS) is 23.1. The molecule has 1 amide bonds. The van der Waals surface area contributed by atoms with E-state index in [1.165, 1.54) is 19.3 Å². The third-order valence-corrected chi connectivity index (χ3v) is 4.44. The Labute approximate surface area is 120 Å². The highest BCUT2D eigenvalue weighted by molar-refractivity contribution is 9.10. The molecule has 3 rings (SSSR count). The predicted octanol–water partition coefficient (Wildman–Crippen LogP) is 3.11. The van der Waals surface area contributed by atoms with Gasteiger partial charge in [-0.25, -0.2) is 0 Å². The zero-order valence-corrected chi connectivity index (χ0v) is 12.2. The van der Waals surface area contributed by atoms with Gasteiger partial charge in [-0.2, -0.15) is 0 Å². The van der Waals surface area contributed by atoms with Gasteiger partial charge in [0.15, 0.2) is 0 Å². The summed E-state index contributed by atoms with van der Waals surface area (Å²) >= 11 is 3.50. The molecule has 19 heavy (non-hydrogen) atoms. The van der Waals surface area contributed by atoms with E-state index < -0.39 is 6.04 Å². The van der Waals surface area contributed by atoms with Crippen molar-refractivity contribution in [3.8, 4) is 5.75 Å². The Balaban J connectivity index is 1.83. The number of ether oxygens (including phenoxy) is 1. The summed E-state index contributed by atoms with van der Waals surface area (Å²) < 4.78 is 6.91. The second-order valence-corrected chi connectivity index (χ2v) is 6.07. The number of carbonyl (C=O) groups is 1. The molecule has 1 heterocycles. The lowest BCUT2D eigenvalue weighted by molar-refractivity contribution is -0.116. The highest BCUT2D eigenvalue weighted by Gasteiger charge is 2.29. The number of amides is 1. The number of rotatable bonds is 2. The van der Waals surface area contributed by atoms with Crippen molar-refractivity contribution in [2.75, 3.05) is 5.32 Å². The van der Waals surface area contributed by atoms with Crippen molar-refractivity contribution in [3.63, 3.8) is 0 Å². The largest absolute Gasteiger partial charge is 0.489 e. The molecule has 0 aromatic heterocycles. The number of nitrogens with one attached hydrogen (secondary N) is 1. The van der Waals surface area contributed by atoms with Gasteiger partial charge in [0, 0.05) is 17.3 Å².